The van der Waals surface area contributed by atoms with Gasteiger partial charge in [-0.15, -0.1) is 6.58 Å². The molecule has 0 aliphatic rings. The molecule has 0 bridgehead atoms. The van der Waals surface area contributed by atoms with E-state index >= 15 is 0 Å². The fraction of sp³-hybridized carbons (Fsp3) is 0.111. The number of phenolic OH excluding ortho intramolecular Hbond substituents is 2. The quantitative estimate of drug-likeness (QED) is 0.300. The summed E-state index contributed by atoms with van der Waals surface area (Å²) in [5, 5.41) is 28.9. The van der Waals surface area contributed by atoms with E-state index in [1.54, 1.807) is 0 Å². The van der Waals surface area contributed by atoms with Gasteiger partial charge in [-0.1, -0.05) is 6.08 Å². The number of nitro groups is 1. The Morgan fingerprint density at radius 3 is 2.60 bits per heavy atom. The summed E-state index contributed by atoms with van der Waals surface area (Å²) in [6, 6.07) is 1.63. The molecule has 0 amide bonds. The Morgan fingerprint density at radius 1 is 1.53 bits per heavy atom. The summed E-state index contributed by atoms with van der Waals surface area (Å²) >= 11 is 0. The molecule has 6 nitrogen and oxygen atoms in total. The zero-order chi connectivity index (χ0) is 11.6. The predicted octanol–water partition coefficient (Wildman–Crippen LogP) is 1.19. The summed E-state index contributed by atoms with van der Waals surface area (Å²) in [5.41, 5.74) is 5.28. The van der Waals surface area contributed by atoms with Crippen molar-refractivity contribution in [3.05, 3.63) is 40.5 Å². The summed E-state index contributed by atoms with van der Waals surface area (Å²) < 4.78 is 0. The van der Waals surface area contributed by atoms with Crippen molar-refractivity contribution in [2.45, 2.75) is 6.04 Å². The molecule has 1 aromatic rings. The summed E-state index contributed by atoms with van der Waals surface area (Å²) in [7, 11) is 0. The number of phenols is 2. The number of hydrogen-bond donors (Lipinski definition) is 3. The van der Waals surface area contributed by atoms with Crippen molar-refractivity contribution in [1.82, 2.24) is 0 Å². The van der Waals surface area contributed by atoms with Gasteiger partial charge in [0, 0.05) is 12.1 Å². The maximum absolute atomic E-state index is 10.5. The van der Waals surface area contributed by atoms with E-state index in [2.05, 4.69) is 6.58 Å². The van der Waals surface area contributed by atoms with Crippen molar-refractivity contribution >= 4 is 5.69 Å². The molecular weight excluding hydrogens is 200 g/mol. The van der Waals surface area contributed by atoms with Crippen LogP contribution in [0, 0.1) is 10.1 Å². The minimum absolute atomic E-state index is 0.312. The summed E-state index contributed by atoms with van der Waals surface area (Å²) in [6.45, 7) is 3.42. The highest BCUT2D eigenvalue weighted by molar-refractivity contribution is 5.57. The maximum atomic E-state index is 10.5. The number of nitro benzene ring substituents is 1. The number of hydrogen-bond acceptors (Lipinski definition) is 5. The molecule has 0 unspecified atom stereocenters. The van der Waals surface area contributed by atoms with Crippen LogP contribution in [0.1, 0.15) is 11.6 Å². The Labute approximate surface area is 85.4 Å². The molecule has 1 atom stereocenters. The standard InChI is InChI=1S/C9H10N2O4/c1-2-6(10)5-3-7(11(14)15)9(13)8(12)4-5/h2-4,6,12-13H,1,10H2/t6-/m1/s1. The van der Waals surface area contributed by atoms with E-state index in [1.807, 2.05) is 0 Å². The highest BCUT2D eigenvalue weighted by Gasteiger charge is 2.20. The van der Waals surface area contributed by atoms with E-state index in [0.29, 0.717) is 5.56 Å². The summed E-state index contributed by atoms with van der Waals surface area (Å²) in [4.78, 5) is 9.71. The number of nitrogens with two attached hydrogens (primary N) is 1. The molecule has 1 aromatic carbocycles. The summed E-state index contributed by atoms with van der Waals surface area (Å²) in [5.74, 6) is -1.34. The molecule has 0 radical (unpaired) electrons. The lowest BCUT2D eigenvalue weighted by atomic mass is 10.1. The monoisotopic (exact) mass is 210 g/mol. The van der Waals surface area contributed by atoms with Gasteiger partial charge in [-0.05, 0) is 11.6 Å². The lowest BCUT2D eigenvalue weighted by molar-refractivity contribution is -0.386. The van der Waals surface area contributed by atoms with Gasteiger partial charge in [-0.25, -0.2) is 0 Å². The molecule has 6 heteroatoms. The molecule has 1 rings (SSSR count). The molecular formula is C9H10N2O4. The van der Waals surface area contributed by atoms with E-state index in [9.17, 15) is 20.3 Å². The Morgan fingerprint density at radius 2 is 2.13 bits per heavy atom. The molecule has 0 spiro atoms. The van der Waals surface area contributed by atoms with Crippen molar-refractivity contribution < 1.29 is 15.1 Å². The number of rotatable bonds is 3. The lowest BCUT2D eigenvalue weighted by Gasteiger charge is -2.08. The van der Waals surface area contributed by atoms with Crippen molar-refractivity contribution in [3.8, 4) is 11.5 Å². The van der Waals surface area contributed by atoms with Crippen LogP contribution in [0.2, 0.25) is 0 Å². The van der Waals surface area contributed by atoms with Crippen LogP contribution in [0.4, 0.5) is 5.69 Å². The molecule has 0 aliphatic heterocycles. The van der Waals surface area contributed by atoms with Crippen LogP contribution in [-0.4, -0.2) is 15.1 Å². The number of benzene rings is 1. The molecule has 0 aromatic heterocycles. The average molecular weight is 210 g/mol. The van der Waals surface area contributed by atoms with Gasteiger partial charge in [0.15, 0.2) is 5.75 Å². The first-order valence-corrected chi connectivity index (χ1v) is 4.05. The van der Waals surface area contributed by atoms with E-state index in [-0.39, 0.29) is 0 Å². The SMILES string of the molecule is C=C[C@@H](N)c1cc(O)c(O)c([N+](=O)[O-])c1. The van der Waals surface area contributed by atoms with Crippen molar-refractivity contribution in [2.75, 3.05) is 0 Å². The third-order valence-electron chi connectivity index (χ3n) is 1.93. The third kappa shape index (κ3) is 2.05. The molecule has 0 saturated carbocycles. The van der Waals surface area contributed by atoms with Crippen LogP contribution in [0.25, 0.3) is 0 Å². The van der Waals surface area contributed by atoms with Gasteiger partial charge in [0.05, 0.1) is 4.92 Å². The first-order valence-electron chi connectivity index (χ1n) is 4.05. The molecule has 0 saturated heterocycles. The molecule has 0 fully saturated rings. The van der Waals surface area contributed by atoms with Gasteiger partial charge in [0.1, 0.15) is 0 Å². The van der Waals surface area contributed by atoms with Crippen LogP contribution < -0.4 is 5.73 Å². The minimum atomic E-state index is -0.797. The predicted molar refractivity (Wildman–Crippen MR) is 53.6 cm³/mol. The first kappa shape index (κ1) is 11.0. The van der Waals surface area contributed by atoms with E-state index in [0.717, 1.165) is 12.1 Å². The highest BCUT2D eigenvalue weighted by atomic mass is 16.6. The largest absolute Gasteiger partial charge is 0.504 e. The van der Waals surface area contributed by atoms with Gasteiger partial charge in [-0.3, -0.25) is 10.1 Å². The second kappa shape index (κ2) is 3.97. The number of aromatic hydroxyl groups is 2. The molecule has 4 N–H and O–H groups in total. The average Bonchev–Trinajstić information content (AvgIpc) is 2.20. The van der Waals surface area contributed by atoms with Crippen molar-refractivity contribution in [2.24, 2.45) is 5.73 Å². The van der Waals surface area contributed by atoms with Crippen LogP contribution in [-0.2, 0) is 0 Å². The van der Waals surface area contributed by atoms with E-state index < -0.39 is 28.2 Å². The van der Waals surface area contributed by atoms with Crippen LogP contribution in [0.3, 0.4) is 0 Å². The Bertz CT molecular complexity index is 417. The van der Waals surface area contributed by atoms with Gasteiger partial charge in [0.2, 0.25) is 5.75 Å². The fourth-order valence-electron chi connectivity index (χ4n) is 1.09. The summed E-state index contributed by atoms with van der Waals surface area (Å²) in [6.07, 6.45) is 1.37. The van der Waals surface area contributed by atoms with Gasteiger partial charge < -0.3 is 15.9 Å². The molecule has 0 aliphatic carbocycles. The molecule has 0 heterocycles. The normalized spacial score (nSPS) is 12.1. The Hall–Kier alpha value is -2.08. The van der Waals surface area contributed by atoms with Crippen LogP contribution >= 0.6 is 0 Å². The minimum Gasteiger partial charge on any atom is -0.504 e. The Kier molecular flexibility index (Phi) is 2.91. The smallest absolute Gasteiger partial charge is 0.314 e. The third-order valence-corrected chi connectivity index (χ3v) is 1.93. The second-order valence-electron chi connectivity index (χ2n) is 2.93. The van der Waals surface area contributed by atoms with Crippen LogP contribution in [0.15, 0.2) is 24.8 Å². The van der Waals surface area contributed by atoms with Gasteiger partial charge in [-0.2, -0.15) is 0 Å². The molecule has 15 heavy (non-hydrogen) atoms. The van der Waals surface area contributed by atoms with E-state index in [4.69, 9.17) is 5.73 Å². The topological polar surface area (TPSA) is 110 Å². The highest BCUT2D eigenvalue weighted by Crippen LogP contribution is 2.37. The van der Waals surface area contributed by atoms with Gasteiger partial charge >= 0.3 is 5.69 Å². The number of nitrogens with zero attached hydrogens (tertiary/aromatic N) is 1. The fourth-order valence-corrected chi connectivity index (χ4v) is 1.09. The maximum Gasteiger partial charge on any atom is 0.314 e. The first-order chi connectivity index (χ1) is 6.97. The van der Waals surface area contributed by atoms with E-state index in [1.165, 1.54) is 6.08 Å². The second-order valence-corrected chi connectivity index (χ2v) is 2.93. The molecule has 80 valence electrons. The van der Waals surface area contributed by atoms with Crippen molar-refractivity contribution in [3.63, 3.8) is 0 Å². The zero-order valence-corrected chi connectivity index (χ0v) is 7.75. The lowest BCUT2D eigenvalue weighted by Crippen LogP contribution is -2.06. The zero-order valence-electron chi connectivity index (χ0n) is 7.75. The Balaban J connectivity index is 3.35. The van der Waals surface area contributed by atoms with Gasteiger partial charge in [0.25, 0.3) is 0 Å². The van der Waals surface area contributed by atoms with Crippen LogP contribution in [0.5, 0.6) is 11.5 Å². The van der Waals surface area contributed by atoms with Crippen molar-refractivity contribution in [1.29, 1.82) is 0 Å².